The van der Waals surface area contributed by atoms with Gasteiger partial charge in [-0.05, 0) is 11.6 Å². The fourth-order valence-corrected chi connectivity index (χ4v) is 1.10. The molecule has 1 heterocycles. The van der Waals surface area contributed by atoms with Crippen LogP contribution in [0.15, 0.2) is 0 Å². The Kier molecular flexibility index (Phi) is 2.82. The molecule has 0 unspecified atom stereocenters. The summed E-state index contributed by atoms with van der Waals surface area (Å²) in [6.07, 6.45) is 0.722. The van der Waals surface area contributed by atoms with E-state index in [0.29, 0.717) is 0 Å². The highest BCUT2D eigenvalue weighted by Gasteiger charge is 2.06. The first-order valence-corrected chi connectivity index (χ1v) is 3.81. The molecule has 0 aliphatic rings. The van der Waals surface area contributed by atoms with Crippen LogP contribution in [0.25, 0.3) is 0 Å². The maximum atomic E-state index is 11.9. The molecule has 0 bridgehead atoms. The normalized spacial score (nSPS) is 10.5. The van der Waals surface area contributed by atoms with Gasteiger partial charge in [0.05, 0.1) is 6.54 Å². The van der Waals surface area contributed by atoms with Crippen LogP contribution < -0.4 is 0 Å². The minimum Gasteiger partial charge on any atom is -0.299 e. The number of hydrogen-bond donors (Lipinski definition) is 0. The number of nitrogens with zero attached hydrogens (tertiary/aromatic N) is 3. The molecular formula is C6H9ClFN3. The van der Waals surface area contributed by atoms with E-state index < -0.39 is 6.67 Å². The highest BCUT2D eigenvalue weighted by atomic mass is 35.5. The molecule has 0 fully saturated rings. The quantitative estimate of drug-likeness (QED) is 0.700. The number of aryl methyl sites for hydroxylation is 1. The Balaban J connectivity index is 2.88. The topological polar surface area (TPSA) is 30.7 Å². The monoisotopic (exact) mass is 177 g/mol. The summed E-state index contributed by atoms with van der Waals surface area (Å²) in [5.74, 6) is 0.729. The molecule has 11 heavy (non-hydrogen) atoms. The SMILES string of the molecule is CCc1nnc(Cl)n1CCF. The van der Waals surface area contributed by atoms with Crippen LogP contribution in [0.3, 0.4) is 0 Å². The Labute approximate surface area is 69.2 Å². The Bertz CT molecular complexity index is 236. The second-order valence-corrected chi connectivity index (χ2v) is 2.42. The number of halogens is 2. The van der Waals surface area contributed by atoms with Gasteiger partial charge in [-0.2, -0.15) is 0 Å². The molecule has 1 aromatic rings. The van der Waals surface area contributed by atoms with Crippen LogP contribution in [0.1, 0.15) is 12.7 Å². The Morgan fingerprint density at radius 3 is 2.82 bits per heavy atom. The van der Waals surface area contributed by atoms with Crippen molar-refractivity contribution in [2.24, 2.45) is 0 Å². The second-order valence-electron chi connectivity index (χ2n) is 2.08. The van der Waals surface area contributed by atoms with E-state index in [9.17, 15) is 4.39 Å². The van der Waals surface area contributed by atoms with Crippen LogP contribution >= 0.6 is 11.6 Å². The van der Waals surface area contributed by atoms with Crippen molar-refractivity contribution in [2.75, 3.05) is 6.67 Å². The largest absolute Gasteiger partial charge is 0.299 e. The Morgan fingerprint density at radius 1 is 1.55 bits per heavy atom. The Morgan fingerprint density at radius 2 is 2.27 bits per heavy atom. The van der Waals surface area contributed by atoms with E-state index in [1.165, 1.54) is 0 Å². The lowest BCUT2D eigenvalue weighted by Gasteiger charge is -2.01. The lowest BCUT2D eigenvalue weighted by Crippen LogP contribution is -2.04. The van der Waals surface area contributed by atoms with E-state index >= 15 is 0 Å². The summed E-state index contributed by atoms with van der Waals surface area (Å²) in [7, 11) is 0. The summed E-state index contributed by atoms with van der Waals surface area (Å²) in [5, 5.41) is 7.65. The molecule has 0 aliphatic carbocycles. The van der Waals surface area contributed by atoms with E-state index in [-0.39, 0.29) is 11.8 Å². The molecule has 0 amide bonds. The lowest BCUT2D eigenvalue weighted by atomic mass is 10.4. The van der Waals surface area contributed by atoms with E-state index in [4.69, 9.17) is 11.6 Å². The van der Waals surface area contributed by atoms with Gasteiger partial charge in [-0.25, -0.2) is 4.39 Å². The van der Waals surface area contributed by atoms with Gasteiger partial charge in [-0.3, -0.25) is 4.57 Å². The predicted molar refractivity (Wildman–Crippen MR) is 40.4 cm³/mol. The van der Waals surface area contributed by atoms with Crippen LogP contribution in [0.4, 0.5) is 4.39 Å². The molecule has 0 aromatic carbocycles. The summed E-state index contributed by atoms with van der Waals surface area (Å²) in [4.78, 5) is 0. The summed E-state index contributed by atoms with van der Waals surface area (Å²) >= 11 is 5.63. The minimum atomic E-state index is -0.440. The lowest BCUT2D eigenvalue weighted by molar-refractivity contribution is 0.439. The van der Waals surface area contributed by atoms with E-state index in [0.717, 1.165) is 12.2 Å². The molecule has 0 aliphatic heterocycles. The molecule has 62 valence electrons. The number of aromatic nitrogens is 3. The van der Waals surface area contributed by atoms with Crippen LogP contribution in [0, 0.1) is 0 Å². The van der Waals surface area contributed by atoms with Crippen LogP contribution in [-0.4, -0.2) is 21.4 Å². The zero-order valence-corrected chi connectivity index (χ0v) is 6.97. The average Bonchev–Trinajstić information content (AvgIpc) is 2.34. The van der Waals surface area contributed by atoms with Crippen molar-refractivity contribution in [3.05, 3.63) is 11.1 Å². The van der Waals surface area contributed by atoms with Crippen molar-refractivity contribution >= 4 is 11.6 Å². The van der Waals surface area contributed by atoms with Crippen molar-refractivity contribution < 1.29 is 4.39 Å². The van der Waals surface area contributed by atoms with Gasteiger partial charge < -0.3 is 0 Å². The standard InChI is InChI=1S/C6H9ClFN3/c1-2-5-9-10-6(7)11(5)4-3-8/h2-4H2,1H3. The molecule has 0 saturated carbocycles. The van der Waals surface area contributed by atoms with Gasteiger partial charge >= 0.3 is 0 Å². The molecule has 3 nitrogen and oxygen atoms in total. The average molecular weight is 178 g/mol. The number of alkyl halides is 1. The van der Waals surface area contributed by atoms with Gasteiger partial charge in [0, 0.05) is 6.42 Å². The van der Waals surface area contributed by atoms with Gasteiger partial charge in [0.15, 0.2) is 0 Å². The predicted octanol–water partition coefficient (Wildman–Crippen LogP) is 1.46. The maximum absolute atomic E-state index is 11.9. The van der Waals surface area contributed by atoms with E-state index in [1.54, 1.807) is 4.57 Å². The molecular weight excluding hydrogens is 169 g/mol. The van der Waals surface area contributed by atoms with Gasteiger partial charge in [0.1, 0.15) is 12.5 Å². The molecule has 0 radical (unpaired) electrons. The van der Waals surface area contributed by atoms with Crippen molar-refractivity contribution in [3.63, 3.8) is 0 Å². The summed E-state index contributed by atoms with van der Waals surface area (Å²) in [5.41, 5.74) is 0. The molecule has 0 saturated heterocycles. The molecule has 0 N–H and O–H groups in total. The molecule has 5 heteroatoms. The van der Waals surface area contributed by atoms with E-state index in [1.807, 2.05) is 6.92 Å². The zero-order chi connectivity index (χ0) is 8.27. The first-order chi connectivity index (χ1) is 5.29. The molecule has 0 spiro atoms. The summed E-state index contributed by atoms with van der Waals surface area (Å²) in [6.45, 7) is 1.73. The fourth-order valence-electron chi connectivity index (χ4n) is 0.881. The van der Waals surface area contributed by atoms with Crippen LogP contribution in [-0.2, 0) is 13.0 Å². The van der Waals surface area contributed by atoms with Gasteiger partial charge in [-0.15, -0.1) is 10.2 Å². The summed E-state index contributed by atoms with van der Waals surface area (Å²) < 4.78 is 13.5. The third-order valence-corrected chi connectivity index (χ3v) is 1.69. The third-order valence-electron chi connectivity index (χ3n) is 1.41. The van der Waals surface area contributed by atoms with Gasteiger partial charge in [0.25, 0.3) is 0 Å². The zero-order valence-electron chi connectivity index (χ0n) is 6.22. The molecule has 0 atom stereocenters. The second kappa shape index (κ2) is 3.67. The summed E-state index contributed by atoms with van der Waals surface area (Å²) in [6, 6.07) is 0. The highest BCUT2D eigenvalue weighted by Crippen LogP contribution is 2.07. The Hall–Kier alpha value is -0.640. The van der Waals surface area contributed by atoms with Gasteiger partial charge in [-0.1, -0.05) is 6.92 Å². The highest BCUT2D eigenvalue weighted by molar-refractivity contribution is 6.28. The third kappa shape index (κ3) is 1.68. The van der Waals surface area contributed by atoms with Crippen molar-refractivity contribution in [1.82, 2.24) is 14.8 Å². The van der Waals surface area contributed by atoms with Crippen molar-refractivity contribution in [3.8, 4) is 0 Å². The fraction of sp³-hybridized carbons (Fsp3) is 0.667. The molecule has 1 rings (SSSR count). The van der Waals surface area contributed by atoms with Gasteiger partial charge in [0.2, 0.25) is 5.28 Å². The number of rotatable bonds is 3. The molecule has 1 aromatic heterocycles. The van der Waals surface area contributed by atoms with Crippen LogP contribution in [0.2, 0.25) is 5.28 Å². The minimum absolute atomic E-state index is 0.245. The first kappa shape index (κ1) is 8.46. The van der Waals surface area contributed by atoms with Crippen molar-refractivity contribution in [1.29, 1.82) is 0 Å². The maximum Gasteiger partial charge on any atom is 0.225 e. The van der Waals surface area contributed by atoms with E-state index in [2.05, 4.69) is 10.2 Å². The van der Waals surface area contributed by atoms with Crippen LogP contribution in [0.5, 0.6) is 0 Å². The smallest absolute Gasteiger partial charge is 0.225 e. The van der Waals surface area contributed by atoms with Crippen molar-refractivity contribution in [2.45, 2.75) is 19.9 Å². The first-order valence-electron chi connectivity index (χ1n) is 3.43. The number of hydrogen-bond acceptors (Lipinski definition) is 2.